The molecule has 0 saturated heterocycles. The Balaban J connectivity index is 2.12. The van der Waals surface area contributed by atoms with Crippen LogP contribution in [0.4, 0.5) is 0 Å². The molecular formula is C15H8ClNO2. The Kier molecular flexibility index (Phi) is 2.76. The number of rotatable bonds is 1. The van der Waals surface area contributed by atoms with Crippen LogP contribution < -0.4 is 0 Å². The second-order valence-corrected chi connectivity index (χ2v) is 4.60. The van der Waals surface area contributed by atoms with Crippen LogP contribution in [0.3, 0.4) is 0 Å². The topological polar surface area (TPSA) is 47.0 Å². The molecular weight excluding hydrogens is 262 g/mol. The molecule has 0 saturated carbocycles. The van der Waals surface area contributed by atoms with Crippen molar-refractivity contribution >= 4 is 23.2 Å². The summed E-state index contributed by atoms with van der Waals surface area (Å²) in [4.78, 5) is 27.7. The van der Waals surface area contributed by atoms with E-state index >= 15 is 0 Å². The number of carbonyl (C=O) groups excluding carboxylic acids is 2. The zero-order chi connectivity index (χ0) is 13.4. The molecule has 0 bridgehead atoms. The van der Waals surface area contributed by atoms with Crippen molar-refractivity contribution in [3.05, 3.63) is 64.8 Å². The number of allylic oxidation sites excluding steroid dienone is 2. The predicted molar refractivity (Wildman–Crippen MR) is 72.5 cm³/mol. The maximum absolute atomic E-state index is 11.7. The van der Waals surface area contributed by atoms with Crippen molar-refractivity contribution in [3.8, 4) is 11.3 Å². The van der Waals surface area contributed by atoms with Gasteiger partial charge >= 0.3 is 0 Å². The molecule has 1 aromatic carbocycles. The molecule has 3 rings (SSSR count). The third-order valence-corrected chi connectivity index (χ3v) is 3.17. The molecule has 0 aliphatic heterocycles. The number of ketones is 2. The van der Waals surface area contributed by atoms with Gasteiger partial charge in [0.25, 0.3) is 0 Å². The predicted octanol–water partition coefficient (Wildman–Crippen LogP) is 3.34. The van der Waals surface area contributed by atoms with Crippen molar-refractivity contribution < 1.29 is 9.59 Å². The van der Waals surface area contributed by atoms with Crippen molar-refractivity contribution in [2.75, 3.05) is 0 Å². The van der Waals surface area contributed by atoms with Crippen LogP contribution in [0.25, 0.3) is 11.3 Å². The molecule has 0 N–H and O–H groups in total. The minimum Gasteiger partial charge on any atom is -0.289 e. The minimum absolute atomic E-state index is 0.190. The van der Waals surface area contributed by atoms with Crippen LogP contribution >= 0.6 is 11.6 Å². The standard InChI is InChI=1S/C15H8ClNO2/c16-10-3-1-9(2-4-10)12-6-5-11-13(18)7-8-14(19)15(11)17-12/h1-8H. The molecule has 0 spiro atoms. The van der Waals surface area contributed by atoms with E-state index in [0.717, 1.165) is 5.56 Å². The fourth-order valence-electron chi connectivity index (χ4n) is 1.95. The molecule has 0 amide bonds. The Morgan fingerprint density at radius 1 is 0.842 bits per heavy atom. The van der Waals surface area contributed by atoms with Crippen LogP contribution in [0.1, 0.15) is 20.8 Å². The van der Waals surface area contributed by atoms with Gasteiger partial charge in [-0.25, -0.2) is 4.98 Å². The molecule has 1 aliphatic rings. The molecule has 0 fully saturated rings. The van der Waals surface area contributed by atoms with Crippen molar-refractivity contribution in [2.24, 2.45) is 0 Å². The number of halogens is 1. The molecule has 0 radical (unpaired) electrons. The summed E-state index contributed by atoms with van der Waals surface area (Å²) in [5.74, 6) is -0.435. The molecule has 92 valence electrons. The summed E-state index contributed by atoms with van der Waals surface area (Å²) < 4.78 is 0. The zero-order valence-corrected chi connectivity index (χ0v) is 10.5. The summed E-state index contributed by atoms with van der Waals surface area (Å²) in [6.07, 6.45) is 2.53. The number of hydrogen-bond acceptors (Lipinski definition) is 3. The molecule has 0 unspecified atom stereocenters. The highest BCUT2D eigenvalue weighted by Crippen LogP contribution is 2.23. The second-order valence-electron chi connectivity index (χ2n) is 4.16. The number of pyridine rings is 1. The third kappa shape index (κ3) is 2.09. The van der Waals surface area contributed by atoms with Crippen molar-refractivity contribution in [3.63, 3.8) is 0 Å². The van der Waals surface area contributed by atoms with Gasteiger partial charge in [-0.1, -0.05) is 23.7 Å². The average molecular weight is 270 g/mol. The van der Waals surface area contributed by atoms with Gasteiger partial charge in [0.15, 0.2) is 5.78 Å². The first-order valence-corrected chi connectivity index (χ1v) is 6.07. The Labute approximate surface area is 114 Å². The van der Waals surface area contributed by atoms with Crippen LogP contribution in [0.2, 0.25) is 5.02 Å². The maximum atomic E-state index is 11.7. The van der Waals surface area contributed by atoms with Crippen LogP contribution in [0, 0.1) is 0 Å². The van der Waals surface area contributed by atoms with Crippen molar-refractivity contribution in [1.29, 1.82) is 0 Å². The highest BCUT2D eigenvalue weighted by Gasteiger charge is 2.20. The summed E-state index contributed by atoms with van der Waals surface area (Å²) in [6.45, 7) is 0. The maximum Gasteiger partial charge on any atom is 0.205 e. The van der Waals surface area contributed by atoms with E-state index in [2.05, 4.69) is 4.98 Å². The Morgan fingerprint density at radius 2 is 1.53 bits per heavy atom. The van der Waals surface area contributed by atoms with E-state index in [-0.39, 0.29) is 17.3 Å². The number of benzene rings is 1. The van der Waals surface area contributed by atoms with E-state index in [9.17, 15) is 9.59 Å². The van der Waals surface area contributed by atoms with Gasteiger partial charge in [0, 0.05) is 10.6 Å². The molecule has 19 heavy (non-hydrogen) atoms. The van der Waals surface area contributed by atoms with Crippen LogP contribution in [-0.4, -0.2) is 16.6 Å². The number of hydrogen-bond donors (Lipinski definition) is 0. The van der Waals surface area contributed by atoms with E-state index in [1.54, 1.807) is 24.3 Å². The van der Waals surface area contributed by atoms with Gasteiger partial charge < -0.3 is 0 Å². The smallest absolute Gasteiger partial charge is 0.205 e. The van der Waals surface area contributed by atoms with Crippen LogP contribution in [0.5, 0.6) is 0 Å². The molecule has 4 heteroatoms. The van der Waals surface area contributed by atoms with E-state index < -0.39 is 0 Å². The van der Waals surface area contributed by atoms with E-state index in [1.165, 1.54) is 12.2 Å². The summed E-state index contributed by atoms with van der Waals surface area (Å²) in [5.41, 5.74) is 2.05. The minimum atomic E-state index is -0.245. The first-order valence-electron chi connectivity index (χ1n) is 5.69. The summed E-state index contributed by atoms with van der Waals surface area (Å²) in [6, 6.07) is 10.5. The lowest BCUT2D eigenvalue weighted by Crippen LogP contribution is -2.13. The summed E-state index contributed by atoms with van der Waals surface area (Å²) in [5, 5.41) is 0.635. The fraction of sp³-hybridized carbons (Fsp3) is 0. The van der Waals surface area contributed by atoms with E-state index in [1.807, 2.05) is 12.1 Å². The van der Waals surface area contributed by atoms with E-state index in [4.69, 9.17) is 11.6 Å². The lowest BCUT2D eigenvalue weighted by molar-refractivity contribution is 0.0990. The Bertz CT molecular complexity index is 717. The largest absolute Gasteiger partial charge is 0.289 e. The fourth-order valence-corrected chi connectivity index (χ4v) is 2.07. The van der Waals surface area contributed by atoms with Gasteiger partial charge in [0.05, 0.1) is 11.3 Å². The van der Waals surface area contributed by atoms with Gasteiger partial charge in [-0.15, -0.1) is 0 Å². The molecule has 1 aliphatic carbocycles. The molecule has 1 aromatic heterocycles. The number of aromatic nitrogens is 1. The quantitative estimate of drug-likeness (QED) is 0.798. The second kappa shape index (κ2) is 4.44. The summed E-state index contributed by atoms with van der Waals surface area (Å²) in [7, 11) is 0. The van der Waals surface area contributed by atoms with Gasteiger partial charge in [0.1, 0.15) is 5.69 Å². The zero-order valence-electron chi connectivity index (χ0n) is 9.76. The van der Waals surface area contributed by atoms with Crippen molar-refractivity contribution in [2.45, 2.75) is 0 Å². The lowest BCUT2D eigenvalue weighted by atomic mass is 9.98. The van der Waals surface area contributed by atoms with Gasteiger partial charge in [-0.3, -0.25) is 9.59 Å². The molecule has 0 atom stereocenters. The number of carbonyl (C=O) groups is 2. The van der Waals surface area contributed by atoms with Gasteiger partial charge in [-0.2, -0.15) is 0 Å². The third-order valence-electron chi connectivity index (χ3n) is 2.92. The number of fused-ring (bicyclic) bond motifs is 1. The molecule has 3 nitrogen and oxygen atoms in total. The average Bonchev–Trinajstić information content (AvgIpc) is 2.43. The summed E-state index contributed by atoms with van der Waals surface area (Å²) >= 11 is 5.83. The van der Waals surface area contributed by atoms with Gasteiger partial charge in [0.2, 0.25) is 5.78 Å². The van der Waals surface area contributed by atoms with Crippen molar-refractivity contribution in [1.82, 2.24) is 4.98 Å². The van der Waals surface area contributed by atoms with Crippen LogP contribution in [0.15, 0.2) is 48.6 Å². The monoisotopic (exact) mass is 269 g/mol. The molecule has 1 heterocycles. The lowest BCUT2D eigenvalue weighted by Gasteiger charge is -2.10. The number of nitrogens with zero attached hydrogens (tertiary/aromatic N) is 1. The van der Waals surface area contributed by atoms with Crippen LogP contribution in [-0.2, 0) is 0 Å². The highest BCUT2D eigenvalue weighted by molar-refractivity contribution is 6.30. The van der Waals surface area contributed by atoms with Gasteiger partial charge in [-0.05, 0) is 36.4 Å². The SMILES string of the molecule is O=C1C=CC(=O)c2nc(-c3ccc(Cl)cc3)ccc21. The van der Waals surface area contributed by atoms with E-state index in [0.29, 0.717) is 16.3 Å². The first-order chi connectivity index (χ1) is 9.15. The molecule has 2 aromatic rings. The Hall–Kier alpha value is -2.26. The normalized spacial score (nSPS) is 13.5. The first kappa shape index (κ1) is 11.8. The highest BCUT2D eigenvalue weighted by atomic mass is 35.5. The Morgan fingerprint density at radius 3 is 2.26 bits per heavy atom.